The van der Waals surface area contributed by atoms with Gasteiger partial charge in [0.1, 0.15) is 0 Å². The highest BCUT2D eigenvalue weighted by Gasteiger charge is 2.23. The normalized spacial score (nSPS) is 19.8. The molecule has 2 N–H and O–H groups in total. The summed E-state index contributed by atoms with van der Waals surface area (Å²) >= 11 is 6.00. The van der Waals surface area contributed by atoms with Crippen LogP contribution in [-0.4, -0.2) is 50.1 Å². The Kier molecular flexibility index (Phi) is 6.38. The Labute approximate surface area is 177 Å². The summed E-state index contributed by atoms with van der Waals surface area (Å²) in [5, 5.41) is 0.780. The Bertz CT molecular complexity index is 848. The number of carbonyl (C=O) groups excluding carboxylic acids is 1. The van der Waals surface area contributed by atoms with Crippen LogP contribution in [0.1, 0.15) is 29.2 Å². The number of ether oxygens (including phenoxy) is 1. The highest BCUT2D eigenvalue weighted by Crippen LogP contribution is 2.31. The van der Waals surface area contributed by atoms with Crippen LogP contribution in [0.4, 0.5) is 5.69 Å². The Balaban J connectivity index is 1.30. The number of hydrogen-bond acceptors (Lipinski definition) is 4. The standard InChI is InChI=1S/C23H28ClN3O2/c24-19-2-4-20(5-3-19)27-12-10-26(11-13-27)9-7-22-21-6-1-17(16-23(25)28)15-18(21)8-14-29-22/h1-6,15,22H,7-14,16H2,(H2,25,28). The van der Waals surface area contributed by atoms with Gasteiger partial charge in [-0.05, 0) is 53.8 Å². The fraction of sp³-hybridized carbons (Fsp3) is 0.435. The summed E-state index contributed by atoms with van der Waals surface area (Å²) in [6, 6.07) is 14.4. The zero-order chi connectivity index (χ0) is 20.2. The minimum Gasteiger partial charge on any atom is -0.373 e. The van der Waals surface area contributed by atoms with Crippen molar-refractivity contribution in [3.05, 3.63) is 64.2 Å². The Morgan fingerprint density at radius 1 is 1.10 bits per heavy atom. The molecule has 4 rings (SSSR count). The van der Waals surface area contributed by atoms with Gasteiger partial charge in [0.15, 0.2) is 0 Å². The fourth-order valence-electron chi connectivity index (χ4n) is 4.32. The van der Waals surface area contributed by atoms with Crippen molar-refractivity contribution in [1.82, 2.24) is 4.90 Å². The van der Waals surface area contributed by atoms with Crippen molar-refractivity contribution in [2.24, 2.45) is 5.73 Å². The fourth-order valence-corrected chi connectivity index (χ4v) is 4.45. The molecule has 1 atom stereocenters. The Morgan fingerprint density at radius 3 is 2.59 bits per heavy atom. The average Bonchev–Trinajstić information content (AvgIpc) is 2.72. The van der Waals surface area contributed by atoms with Gasteiger partial charge in [0.05, 0.1) is 19.1 Å². The number of benzene rings is 2. The number of primary amides is 1. The monoisotopic (exact) mass is 413 g/mol. The van der Waals surface area contributed by atoms with Gasteiger partial charge in [0.2, 0.25) is 5.91 Å². The zero-order valence-electron chi connectivity index (χ0n) is 16.6. The van der Waals surface area contributed by atoms with Crippen molar-refractivity contribution in [1.29, 1.82) is 0 Å². The van der Waals surface area contributed by atoms with Crippen molar-refractivity contribution < 1.29 is 9.53 Å². The SMILES string of the molecule is NC(=O)Cc1ccc2c(c1)CCOC2CCN1CCN(c2ccc(Cl)cc2)CC1. The molecule has 0 bridgehead atoms. The van der Waals surface area contributed by atoms with Crippen LogP contribution in [0.15, 0.2) is 42.5 Å². The van der Waals surface area contributed by atoms with Gasteiger partial charge in [-0.1, -0.05) is 29.8 Å². The first-order valence-corrected chi connectivity index (χ1v) is 10.7. The van der Waals surface area contributed by atoms with Crippen molar-refractivity contribution >= 4 is 23.2 Å². The molecule has 2 aromatic carbocycles. The third kappa shape index (κ3) is 5.10. The lowest BCUT2D eigenvalue weighted by Gasteiger charge is -2.37. The van der Waals surface area contributed by atoms with E-state index in [0.29, 0.717) is 6.42 Å². The van der Waals surface area contributed by atoms with E-state index in [-0.39, 0.29) is 12.0 Å². The lowest BCUT2D eigenvalue weighted by molar-refractivity contribution is -0.117. The van der Waals surface area contributed by atoms with Gasteiger partial charge >= 0.3 is 0 Å². The van der Waals surface area contributed by atoms with Gasteiger partial charge in [0, 0.05) is 43.4 Å². The van der Waals surface area contributed by atoms with E-state index in [2.05, 4.69) is 34.1 Å². The second-order valence-electron chi connectivity index (χ2n) is 7.88. The molecule has 1 unspecified atom stereocenters. The van der Waals surface area contributed by atoms with Crippen molar-refractivity contribution in [3.63, 3.8) is 0 Å². The molecule has 154 valence electrons. The van der Waals surface area contributed by atoms with Crippen LogP contribution in [0.2, 0.25) is 5.02 Å². The van der Waals surface area contributed by atoms with Crippen LogP contribution in [0.25, 0.3) is 0 Å². The summed E-state index contributed by atoms with van der Waals surface area (Å²) in [4.78, 5) is 16.1. The Morgan fingerprint density at radius 2 is 1.86 bits per heavy atom. The van der Waals surface area contributed by atoms with E-state index >= 15 is 0 Å². The molecule has 1 saturated heterocycles. The van der Waals surface area contributed by atoms with E-state index < -0.39 is 0 Å². The summed E-state index contributed by atoms with van der Waals surface area (Å²) < 4.78 is 6.08. The van der Waals surface area contributed by atoms with E-state index in [1.54, 1.807) is 0 Å². The van der Waals surface area contributed by atoms with E-state index in [0.717, 1.165) is 62.8 Å². The molecule has 2 aromatic rings. The summed E-state index contributed by atoms with van der Waals surface area (Å²) in [5.41, 5.74) is 10.1. The second kappa shape index (κ2) is 9.16. The maximum Gasteiger partial charge on any atom is 0.221 e. The largest absolute Gasteiger partial charge is 0.373 e. The van der Waals surface area contributed by atoms with Gasteiger partial charge in [0.25, 0.3) is 0 Å². The third-order valence-electron chi connectivity index (χ3n) is 5.89. The van der Waals surface area contributed by atoms with Gasteiger partial charge in [-0.25, -0.2) is 0 Å². The maximum absolute atomic E-state index is 11.2. The van der Waals surface area contributed by atoms with Crippen LogP contribution in [-0.2, 0) is 22.4 Å². The predicted octanol–water partition coefficient (Wildman–Crippen LogP) is 3.19. The number of fused-ring (bicyclic) bond motifs is 1. The molecule has 6 heteroatoms. The lowest BCUT2D eigenvalue weighted by Crippen LogP contribution is -2.46. The van der Waals surface area contributed by atoms with Crippen LogP contribution >= 0.6 is 11.6 Å². The van der Waals surface area contributed by atoms with Gasteiger partial charge < -0.3 is 15.4 Å². The van der Waals surface area contributed by atoms with Crippen LogP contribution in [0.3, 0.4) is 0 Å². The summed E-state index contributed by atoms with van der Waals surface area (Å²) in [6.45, 7) is 5.93. The van der Waals surface area contributed by atoms with Crippen molar-refractivity contribution in [2.75, 3.05) is 44.2 Å². The highest BCUT2D eigenvalue weighted by molar-refractivity contribution is 6.30. The quantitative estimate of drug-likeness (QED) is 0.790. The number of rotatable bonds is 6. The minimum atomic E-state index is -0.286. The van der Waals surface area contributed by atoms with E-state index in [1.165, 1.54) is 16.8 Å². The van der Waals surface area contributed by atoms with E-state index in [4.69, 9.17) is 22.1 Å². The first-order valence-electron chi connectivity index (χ1n) is 10.3. The van der Waals surface area contributed by atoms with Gasteiger partial charge in [-0.2, -0.15) is 0 Å². The summed E-state index contributed by atoms with van der Waals surface area (Å²) in [5.74, 6) is -0.286. The van der Waals surface area contributed by atoms with Gasteiger partial charge in [-0.15, -0.1) is 0 Å². The van der Waals surface area contributed by atoms with Gasteiger partial charge in [-0.3, -0.25) is 9.69 Å². The second-order valence-corrected chi connectivity index (χ2v) is 8.32. The zero-order valence-corrected chi connectivity index (χ0v) is 17.4. The molecule has 0 spiro atoms. The van der Waals surface area contributed by atoms with Crippen LogP contribution in [0.5, 0.6) is 0 Å². The number of halogens is 1. The Hall–Kier alpha value is -2.08. The third-order valence-corrected chi connectivity index (χ3v) is 6.15. The molecule has 1 fully saturated rings. The molecular formula is C23H28ClN3O2. The first kappa shape index (κ1) is 20.2. The summed E-state index contributed by atoms with van der Waals surface area (Å²) in [6.07, 6.45) is 2.33. The van der Waals surface area contributed by atoms with Crippen molar-refractivity contribution in [2.45, 2.75) is 25.4 Å². The molecule has 2 aliphatic heterocycles. The molecule has 0 aliphatic carbocycles. The number of amides is 1. The van der Waals surface area contributed by atoms with Crippen LogP contribution < -0.4 is 10.6 Å². The number of nitrogens with two attached hydrogens (primary N) is 1. The molecule has 0 aromatic heterocycles. The minimum absolute atomic E-state index is 0.135. The van der Waals surface area contributed by atoms with Crippen LogP contribution in [0, 0.1) is 0 Å². The highest BCUT2D eigenvalue weighted by atomic mass is 35.5. The smallest absolute Gasteiger partial charge is 0.221 e. The molecule has 0 radical (unpaired) electrons. The van der Waals surface area contributed by atoms with Crippen molar-refractivity contribution in [3.8, 4) is 0 Å². The first-order chi connectivity index (χ1) is 14.1. The lowest BCUT2D eigenvalue weighted by atomic mass is 9.93. The van der Waals surface area contributed by atoms with E-state index in [1.807, 2.05) is 18.2 Å². The number of nitrogens with zero attached hydrogens (tertiary/aromatic N) is 2. The average molecular weight is 414 g/mol. The molecule has 2 heterocycles. The molecular weight excluding hydrogens is 386 g/mol. The number of hydrogen-bond donors (Lipinski definition) is 1. The number of piperazine rings is 1. The topological polar surface area (TPSA) is 58.8 Å². The molecule has 2 aliphatic rings. The summed E-state index contributed by atoms with van der Waals surface area (Å²) in [7, 11) is 0. The molecule has 1 amide bonds. The molecule has 0 saturated carbocycles. The predicted molar refractivity (Wildman–Crippen MR) is 116 cm³/mol. The number of carbonyl (C=O) groups is 1. The van der Waals surface area contributed by atoms with E-state index in [9.17, 15) is 4.79 Å². The molecule has 29 heavy (non-hydrogen) atoms. The molecule has 5 nitrogen and oxygen atoms in total. The maximum atomic E-state index is 11.2. The number of anilines is 1.